The molecule has 3 heteroatoms. The lowest BCUT2D eigenvalue weighted by molar-refractivity contribution is -0.139. The fourth-order valence-electron chi connectivity index (χ4n) is 1.46. The Morgan fingerprint density at radius 2 is 2.31 bits per heavy atom. The Hall–Kier alpha value is -1.61. The standard InChI is InChI=1S/C13H12O2S/c1-15-13(14)4-2-3-10-5-6-12-11(9-10)7-8-16-12/h2-3,5-9H,4H2,1H3. The third-order valence-corrected chi connectivity index (χ3v) is 3.20. The minimum absolute atomic E-state index is 0.215. The van der Waals surface area contributed by atoms with E-state index in [0.29, 0.717) is 6.42 Å². The Bertz CT molecular complexity index is 525. The molecule has 0 unspecified atom stereocenters. The van der Waals surface area contributed by atoms with Crippen molar-refractivity contribution in [2.75, 3.05) is 7.11 Å². The van der Waals surface area contributed by atoms with Crippen LogP contribution < -0.4 is 0 Å². The maximum Gasteiger partial charge on any atom is 0.309 e. The van der Waals surface area contributed by atoms with Crippen LogP contribution in [0.15, 0.2) is 35.7 Å². The van der Waals surface area contributed by atoms with Gasteiger partial charge in [0.1, 0.15) is 0 Å². The number of esters is 1. The number of rotatable bonds is 3. The third kappa shape index (κ3) is 2.49. The molecule has 0 aliphatic carbocycles. The molecule has 2 aromatic rings. The monoisotopic (exact) mass is 232 g/mol. The van der Waals surface area contributed by atoms with E-state index >= 15 is 0 Å². The summed E-state index contributed by atoms with van der Waals surface area (Å²) in [6.45, 7) is 0. The minimum Gasteiger partial charge on any atom is -0.469 e. The van der Waals surface area contributed by atoms with E-state index in [-0.39, 0.29) is 5.97 Å². The van der Waals surface area contributed by atoms with Gasteiger partial charge in [0.15, 0.2) is 0 Å². The lowest BCUT2D eigenvalue weighted by Gasteiger charge is -1.95. The SMILES string of the molecule is COC(=O)CC=Cc1ccc2sccc2c1. The Balaban J connectivity index is 2.11. The van der Waals surface area contributed by atoms with Crippen molar-refractivity contribution in [2.45, 2.75) is 6.42 Å². The Labute approximate surface area is 98.2 Å². The summed E-state index contributed by atoms with van der Waals surface area (Å²) in [5.74, 6) is -0.215. The van der Waals surface area contributed by atoms with Crippen LogP contribution in [0.2, 0.25) is 0 Å². The number of hydrogen-bond acceptors (Lipinski definition) is 3. The molecule has 0 N–H and O–H groups in total. The summed E-state index contributed by atoms with van der Waals surface area (Å²) in [6.07, 6.45) is 4.07. The zero-order valence-corrected chi connectivity index (χ0v) is 9.79. The molecule has 82 valence electrons. The molecule has 0 spiro atoms. The molecule has 1 heterocycles. The van der Waals surface area contributed by atoms with Gasteiger partial charge in [-0.2, -0.15) is 0 Å². The van der Waals surface area contributed by atoms with Crippen LogP contribution >= 0.6 is 11.3 Å². The topological polar surface area (TPSA) is 26.3 Å². The number of ether oxygens (including phenoxy) is 1. The number of fused-ring (bicyclic) bond motifs is 1. The molecule has 0 fully saturated rings. The molecule has 0 amide bonds. The zero-order chi connectivity index (χ0) is 11.4. The van der Waals surface area contributed by atoms with Crippen LogP contribution in [0.5, 0.6) is 0 Å². The van der Waals surface area contributed by atoms with Gasteiger partial charge in [-0.15, -0.1) is 11.3 Å². The highest BCUT2D eigenvalue weighted by molar-refractivity contribution is 7.17. The quantitative estimate of drug-likeness (QED) is 0.757. The smallest absolute Gasteiger partial charge is 0.309 e. The molecule has 0 aliphatic heterocycles. The first kappa shape index (κ1) is 10.9. The number of hydrogen-bond donors (Lipinski definition) is 0. The second-order valence-electron chi connectivity index (χ2n) is 3.40. The molecule has 0 saturated heterocycles. The molecule has 1 aromatic carbocycles. The van der Waals surface area contributed by atoms with Gasteiger partial charge < -0.3 is 4.74 Å². The van der Waals surface area contributed by atoms with E-state index < -0.39 is 0 Å². The molecular formula is C13H12O2S. The van der Waals surface area contributed by atoms with Crippen LogP contribution in [-0.2, 0) is 9.53 Å². The third-order valence-electron chi connectivity index (χ3n) is 2.30. The fourth-order valence-corrected chi connectivity index (χ4v) is 2.23. The Morgan fingerprint density at radius 3 is 3.12 bits per heavy atom. The van der Waals surface area contributed by atoms with Crippen LogP contribution in [0.4, 0.5) is 0 Å². The molecule has 0 saturated carbocycles. The summed E-state index contributed by atoms with van der Waals surface area (Å²) >= 11 is 1.73. The van der Waals surface area contributed by atoms with Crippen LogP contribution in [0.3, 0.4) is 0 Å². The van der Waals surface area contributed by atoms with Crippen molar-refractivity contribution in [3.63, 3.8) is 0 Å². The second kappa shape index (κ2) is 4.94. The fraction of sp³-hybridized carbons (Fsp3) is 0.154. The molecule has 0 aliphatic rings. The van der Waals surface area contributed by atoms with E-state index in [1.54, 1.807) is 11.3 Å². The van der Waals surface area contributed by atoms with Crippen LogP contribution in [0.25, 0.3) is 16.2 Å². The number of carbonyl (C=O) groups excluding carboxylic acids is 1. The highest BCUT2D eigenvalue weighted by Crippen LogP contribution is 2.22. The maximum absolute atomic E-state index is 10.9. The second-order valence-corrected chi connectivity index (χ2v) is 4.35. The summed E-state index contributed by atoms with van der Waals surface area (Å²) in [6, 6.07) is 8.35. The van der Waals surface area contributed by atoms with Crippen molar-refractivity contribution in [1.29, 1.82) is 0 Å². The molecule has 2 rings (SSSR count). The van der Waals surface area contributed by atoms with E-state index in [2.05, 4.69) is 28.3 Å². The normalized spacial score (nSPS) is 11.1. The van der Waals surface area contributed by atoms with E-state index in [1.807, 2.05) is 18.2 Å². The molecule has 1 aromatic heterocycles. The maximum atomic E-state index is 10.9. The van der Waals surface area contributed by atoms with Crippen molar-refractivity contribution in [3.05, 3.63) is 41.3 Å². The van der Waals surface area contributed by atoms with Gasteiger partial charge >= 0.3 is 5.97 Å². The lowest BCUT2D eigenvalue weighted by Crippen LogP contribution is -1.96. The summed E-state index contributed by atoms with van der Waals surface area (Å²) in [5.41, 5.74) is 1.11. The number of methoxy groups -OCH3 is 1. The first-order valence-electron chi connectivity index (χ1n) is 5.00. The predicted molar refractivity (Wildman–Crippen MR) is 67.5 cm³/mol. The molecule has 2 nitrogen and oxygen atoms in total. The molecule has 0 bridgehead atoms. The molecule has 0 atom stereocenters. The summed E-state index contributed by atoms with van der Waals surface area (Å²) in [7, 11) is 1.40. The lowest BCUT2D eigenvalue weighted by atomic mass is 10.1. The number of thiophene rings is 1. The van der Waals surface area contributed by atoms with Crippen LogP contribution in [0, 0.1) is 0 Å². The molecular weight excluding hydrogens is 220 g/mol. The van der Waals surface area contributed by atoms with E-state index in [9.17, 15) is 4.79 Å². The largest absolute Gasteiger partial charge is 0.469 e. The van der Waals surface area contributed by atoms with Gasteiger partial charge in [0, 0.05) is 4.70 Å². The van der Waals surface area contributed by atoms with Gasteiger partial charge in [-0.3, -0.25) is 4.79 Å². The number of carbonyl (C=O) groups is 1. The van der Waals surface area contributed by atoms with Crippen LogP contribution in [-0.4, -0.2) is 13.1 Å². The van der Waals surface area contributed by atoms with Crippen molar-refractivity contribution < 1.29 is 9.53 Å². The van der Waals surface area contributed by atoms with Crippen molar-refractivity contribution >= 4 is 33.5 Å². The highest BCUT2D eigenvalue weighted by atomic mass is 32.1. The van der Waals surface area contributed by atoms with Gasteiger partial charge in [0.25, 0.3) is 0 Å². The van der Waals surface area contributed by atoms with E-state index in [0.717, 1.165) is 5.56 Å². The minimum atomic E-state index is -0.215. The zero-order valence-electron chi connectivity index (χ0n) is 8.97. The average Bonchev–Trinajstić information content (AvgIpc) is 2.76. The van der Waals surface area contributed by atoms with Gasteiger partial charge in [-0.05, 0) is 34.5 Å². The van der Waals surface area contributed by atoms with Gasteiger partial charge in [-0.1, -0.05) is 18.2 Å². The molecule has 0 radical (unpaired) electrons. The van der Waals surface area contributed by atoms with E-state index in [4.69, 9.17) is 0 Å². The molecule has 16 heavy (non-hydrogen) atoms. The predicted octanol–water partition coefficient (Wildman–Crippen LogP) is 3.48. The summed E-state index contributed by atoms with van der Waals surface area (Å²) in [5, 5.41) is 3.32. The number of benzene rings is 1. The van der Waals surface area contributed by atoms with Crippen molar-refractivity contribution in [1.82, 2.24) is 0 Å². The summed E-state index contributed by atoms with van der Waals surface area (Å²) in [4.78, 5) is 10.9. The first-order valence-corrected chi connectivity index (χ1v) is 5.88. The van der Waals surface area contributed by atoms with Crippen molar-refractivity contribution in [2.24, 2.45) is 0 Å². The van der Waals surface area contributed by atoms with Gasteiger partial charge in [0.2, 0.25) is 0 Å². The van der Waals surface area contributed by atoms with Crippen molar-refractivity contribution in [3.8, 4) is 0 Å². The van der Waals surface area contributed by atoms with Crippen LogP contribution in [0.1, 0.15) is 12.0 Å². The van der Waals surface area contributed by atoms with E-state index in [1.165, 1.54) is 17.2 Å². The average molecular weight is 232 g/mol. The van der Waals surface area contributed by atoms with Gasteiger partial charge in [-0.25, -0.2) is 0 Å². The highest BCUT2D eigenvalue weighted by Gasteiger charge is 1.96. The van der Waals surface area contributed by atoms with Gasteiger partial charge in [0.05, 0.1) is 13.5 Å². The first-order chi connectivity index (χ1) is 7.79. The Kier molecular flexibility index (Phi) is 3.37. The summed E-state index contributed by atoms with van der Waals surface area (Å²) < 4.78 is 5.84. The Morgan fingerprint density at radius 1 is 1.44 bits per heavy atom.